The highest BCUT2D eigenvalue weighted by Gasteiger charge is 2.34. The largest absolute Gasteiger partial charge is 0.457 e. The van der Waals surface area contributed by atoms with Crippen LogP contribution >= 0.6 is 0 Å². The van der Waals surface area contributed by atoms with Gasteiger partial charge < -0.3 is 35.8 Å². The summed E-state index contributed by atoms with van der Waals surface area (Å²) in [6, 6.07) is 23.9. The molecule has 0 bridgehead atoms. The fourth-order valence-electron chi connectivity index (χ4n) is 3.97. The van der Waals surface area contributed by atoms with Gasteiger partial charge in [0.2, 0.25) is 0 Å². The molecule has 0 saturated carbocycles. The first-order valence-corrected chi connectivity index (χ1v) is 11.8. The van der Waals surface area contributed by atoms with Crippen molar-refractivity contribution in [2.75, 3.05) is 36.8 Å². The van der Waals surface area contributed by atoms with Gasteiger partial charge in [0, 0.05) is 50.2 Å². The molecule has 1 fully saturated rings. The van der Waals surface area contributed by atoms with Crippen molar-refractivity contribution in [2.45, 2.75) is 18.8 Å². The average Bonchev–Trinajstić information content (AvgIpc) is 2.92. The quantitative estimate of drug-likeness (QED) is 0.354. The van der Waals surface area contributed by atoms with Gasteiger partial charge in [0.25, 0.3) is 11.8 Å². The first-order chi connectivity index (χ1) is 17.4. The number of hydrogen-bond donors (Lipinski definition) is 4. The second-order valence-corrected chi connectivity index (χ2v) is 8.57. The van der Waals surface area contributed by atoms with Gasteiger partial charge in [-0.25, -0.2) is 0 Å². The summed E-state index contributed by atoms with van der Waals surface area (Å²) in [5, 5.41) is 23.2. The van der Waals surface area contributed by atoms with E-state index in [4.69, 9.17) is 10.5 Å². The molecule has 2 atom stereocenters. The molecule has 0 radical (unpaired) electrons. The van der Waals surface area contributed by atoms with Gasteiger partial charge in [-0.15, -0.1) is 0 Å². The van der Waals surface area contributed by atoms with Crippen molar-refractivity contribution in [1.29, 1.82) is 0 Å². The Morgan fingerprint density at radius 1 is 0.861 bits per heavy atom. The molecule has 1 saturated heterocycles. The number of carbonyl (C=O) groups is 2. The molecule has 3 aromatic carbocycles. The van der Waals surface area contributed by atoms with Crippen LogP contribution < -0.4 is 20.7 Å². The minimum absolute atomic E-state index is 0.116. The van der Waals surface area contributed by atoms with E-state index in [1.807, 2.05) is 30.3 Å². The molecule has 4 rings (SSSR count). The van der Waals surface area contributed by atoms with E-state index < -0.39 is 24.0 Å². The van der Waals surface area contributed by atoms with Gasteiger partial charge in [-0.2, -0.15) is 0 Å². The second kappa shape index (κ2) is 11.6. The Kier molecular flexibility index (Phi) is 8.04. The lowest BCUT2D eigenvalue weighted by atomic mass is 10.1. The third-order valence-electron chi connectivity index (χ3n) is 6.02. The third-order valence-corrected chi connectivity index (χ3v) is 6.02. The molecule has 1 aliphatic heterocycles. The summed E-state index contributed by atoms with van der Waals surface area (Å²) in [5.41, 5.74) is 8.17. The number of hydrogen-bond acceptors (Lipinski definition) is 7. The molecule has 9 heteroatoms. The van der Waals surface area contributed by atoms with E-state index in [2.05, 4.69) is 10.2 Å². The van der Waals surface area contributed by atoms with Crippen LogP contribution in [0.15, 0.2) is 78.9 Å². The van der Waals surface area contributed by atoms with Crippen LogP contribution in [0.3, 0.4) is 0 Å². The van der Waals surface area contributed by atoms with Crippen LogP contribution in [-0.2, 0) is 16.1 Å². The van der Waals surface area contributed by atoms with Gasteiger partial charge in [-0.3, -0.25) is 9.59 Å². The van der Waals surface area contributed by atoms with Crippen molar-refractivity contribution in [1.82, 2.24) is 10.2 Å². The summed E-state index contributed by atoms with van der Waals surface area (Å²) in [6.45, 7) is 2.10. The van der Waals surface area contributed by atoms with Crippen LogP contribution in [0, 0.1) is 0 Å². The highest BCUT2D eigenvalue weighted by Crippen LogP contribution is 2.23. The van der Waals surface area contributed by atoms with E-state index >= 15 is 0 Å². The van der Waals surface area contributed by atoms with Crippen molar-refractivity contribution in [2.24, 2.45) is 0 Å². The third kappa shape index (κ3) is 6.32. The van der Waals surface area contributed by atoms with Gasteiger partial charge in [0.15, 0.2) is 12.2 Å². The van der Waals surface area contributed by atoms with Crippen LogP contribution in [0.5, 0.6) is 11.5 Å². The molecule has 3 aromatic rings. The Bertz CT molecular complexity index is 1160. The maximum atomic E-state index is 12.7. The highest BCUT2D eigenvalue weighted by atomic mass is 16.5. The zero-order chi connectivity index (χ0) is 25.5. The minimum Gasteiger partial charge on any atom is -0.457 e. The Morgan fingerprint density at radius 3 is 2.22 bits per heavy atom. The van der Waals surface area contributed by atoms with Gasteiger partial charge in [0.1, 0.15) is 11.5 Å². The van der Waals surface area contributed by atoms with Crippen LogP contribution in [0.4, 0.5) is 11.4 Å². The number of piperazine rings is 1. The van der Waals surface area contributed by atoms with Crippen LogP contribution in [0.2, 0.25) is 0 Å². The molecule has 0 aromatic heterocycles. The number of amides is 2. The summed E-state index contributed by atoms with van der Waals surface area (Å²) in [5.74, 6) is -0.268. The van der Waals surface area contributed by atoms with E-state index in [0.29, 0.717) is 43.4 Å². The zero-order valence-electron chi connectivity index (χ0n) is 19.8. The average molecular weight is 491 g/mol. The monoisotopic (exact) mass is 490 g/mol. The van der Waals surface area contributed by atoms with E-state index in [-0.39, 0.29) is 6.54 Å². The number of nitrogens with zero attached hydrogens (tertiary/aromatic N) is 2. The Hall–Kier alpha value is -4.08. The number of nitrogens with one attached hydrogen (secondary N) is 1. The number of carbonyl (C=O) groups excluding carboxylic acids is 2. The van der Waals surface area contributed by atoms with E-state index in [1.165, 1.54) is 4.90 Å². The normalized spacial score (nSPS) is 15.2. The number of benzene rings is 3. The fraction of sp³-hybridized carbons (Fsp3) is 0.259. The number of anilines is 2. The van der Waals surface area contributed by atoms with Gasteiger partial charge in [-0.1, -0.05) is 36.4 Å². The molecule has 9 nitrogen and oxygen atoms in total. The predicted octanol–water partition coefficient (Wildman–Crippen LogP) is 1.75. The van der Waals surface area contributed by atoms with Gasteiger partial charge >= 0.3 is 0 Å². The number of para-hydroxylation sites is 1. The zero-order valence-corrected chi connectivity index (χ0v) is 19.8. The van der Waals surface area contributed by atoms with E-state index in [0.717, 1.165) is 11.3 Å². The molecule has 2 amide bonds. The van der Waals surface area contributed by atoms with Crippen molar-refractivity contribution in [3.05, 3.63) is 84.4 Å². The number of rotatable bonds is 8. The lowest BCUT2D eigenvalue weighted by Crippen LogP contribution is -2.55. The smallest absolute Gasteiger partial charge is 0.254 e. The summed E-state index contributed by atoms with van der Waals surface area (Å²) < 4.78 is 5.74. The molecule has 0 spiro atoms. The topological polar surface area (TPSA) is 128 Å². The lowest BCUT2D eigenvalue weighted by molar-refractivity contribution is -0.153. The Labute approximate surface area is 209 Å². The predicted molar refractivity (Wildman–Crippen MR) is 136 cm³/mol. The summed E-state index contributed by atoms with van der Waals surface area (Å²) in [6.07, 6.45) is -3.70. The minimum atomic E-state index is -1.87. The summed E-state index contributed by atoms with van der Waals surface area (Å²) >= 11 is 0. The highest BCUT2D eigenvalue weighted by molar-refractivity contribution is 5.90. The van der Waals surface area contributed by atoms with E-state index in [1.54, 1.807) is 48.5 Å². The molecule has 0 aliphatic carbocycles. The number of aliphatic hydroxyl groups is 2. The van der Waals surface area contributed by atoms with Crippen molar-refractivity contribution in [3.8, 4) is 11.5 Å². The van der Waals surface area contributed by atoms with Crippen LogP contribution in [0.25, 0.3) is 0 Å². The molecule has 1 heterocycles. The molecular weight excluding hydrogens is 460 g/mol. The molecule has 0 unspecified atom stereocenters. The summed E-state index contributed by atoms with van der Waals surface area (Å²) in [4.78, 5) is 28.7. The SMILES string of the molecule is Nc1cccc(Oc2ccc(CNC(=O)[C@H](O)[C@@H](O)C(=O)N3CCN(c4ccccc4)CC3)cc2)c1. The molecule has 1 aliphatic rings. The molecule has 188 valence electrons. The Balaban J connectivity index is 1.23. The van der Waals surface area contributed by atoms with Crippen molar-refractivity contribution >= 4 is 23.2 Å². The molecule has 36 heavy (non-hydrogen) atoms. The second-order valence-electron chi connectivity index (χ2n) is 8.57. The van der Waals surface area contributed by atoms with Crippen LogP contribution in [0.1, 0.15) is 5.56 Å². The standard InChI is InChI=1S/C27H30N4O5/c28-20-5-4-8-23(17-20)36-22-11-9-19(10-12-22)18-29-26(34)24(32)25(33)27(35)31-15-13-30(14-16-31)21-6-2-1-3-7-21/h1-12,17,24-25,32-33H,13-16,18,28H2,(H,29,34)/t24-,25-/m1/s1. The number of nitrogen functional groups attached to an aromatic ring is 1. The first kappa shape index (κ1) is 25.0. The summed E-state index contributed by atoms with van der Waals surface area (Å²) in [7, 11) is 0. The van der Waals surface area contributed by atoms with Gasteiger partial charge in [0.05, 0.1) is 0 Å². The van der Waals surface area contributed by atoms with Crippen LogP contribution in [-0.4, -0.2) is 65.3 Å². The van der Waals surface area contributed by atoms with Crippen molar-refractivity contribution < 1.29 is 24.5 Å². The van der Waals surface area contributed by atoms with Gasteiger partial charge in [-0.05, 0) is 42.0 Å². The molecular formula is C27H30N4O5. The molecule has 5 N–H and O–H groups in total. The van der Waals surface area contributed by atoms with Crippen molar-refractivity contribution in [3.63, 3.8) is 0 Å². The number of ether oxygens (including phenoxy) is 1. The Morgan fingerprint density at radius 2 is 1.56 bits per heavy atom. The maximum Gasteiger partial charge on any atom is 0.254 e. The van der Waals surface area contributed by atoms with E-state index in [9.17, 15) is 19.8 Å². The number of nitrogens with two attached hydrogens (primary N) is 1. The lowest BCUT2D eigenvalue weighted by Gasteiger charge is -2.37. The fourth-order valence-corrected chi connectivity index (χ4v) is 3.97. The maximum absolute atomic E-state index is 12.7. The first-order valence-electron chi connectivity index (χ1n) is 11.8. The number of aliphatic hydroxyl groups excluding tert-OH is 2.